The quantitative estimate of drug-likeness (QED) is 0.0139. The molecule has 11 atom stereocenters. The molecule has 1 aromatic rings. The Morgan fingerprint density at radius 1 is 0.966 bits per heavy atom. The number of hydrogen-bond donors (Lipinski definition) is 9. The summed E-state index contributed by atoms with van der Waals surface area (Å²) in [5.74, 6) is -7.06. The number of nitro groups is 1. The van der Waals surface area contributed by atoms with E-state index in [9.17, 15) is 69.8 Å². The number of aliphatic carboxylic acids is 1. The first-order chi connectivity index (χ1) is 26.9. The van der Waals surface area contributed by atoms with Gasteiger partial charge in [-0.3, -0.25) is 29.3 Å². The molecule has 0 unspecified atom stereocenters. The molecule has 2 saturated heterocycles. The SMILES string of the molecule is CC(=O)N[C@H]1[C@@H](OCCCNC(=O)CCCCC(=O)Oc2ccc([N+](=O)[O-])cc2)O[C@H](CO[C@]2(C(=O)[O-])C[C@H](O)[C@@H](NC(C)=O)[C@H]([C@H](O)[C@H](O)CO)O2)[C@H](O)[C@@H]1O.[Na+]. The first-order valence-electron chi connectivity index (χ1n) is 18.0. The molecular formula is C34H49N4NaO19. The summed E-state index contributed by atoms with van der Waals surface area (Å²) in [6.07, 6.45) is -14.2. The maximum atomic E-state index is 12.4. The summed E-state index contributed by atoms with van der Waals surface area (Å²) in [6.45, 7) is 0.288. The van der Waals surface area contributed by atoms with Crippen molar-refractivity contribution in [3.05, 3.63) is 34.4 Å². The first kappa shape index (κ1) is 50.7. The Balaban J connectivity index is 0.0000116. The number of aliphatic hydroxyl groups excluding tert-OH is 6. The molecule has 2 aliphatic heterocycles. The van der Waals surface area contributed by atoms with E-state index in [1.54, 1.807) is 0 Å². The fourth-order valence-electron chi connectivity index (χ4n) is 6.05. The molecule has 2 heterocycles. The zero-order chi connectivity index (χ0) is 42.4. The number of carboxylic acids is 1. The molecule has 2 fully saturated rings. The predicted molar refractivity (Wildman–Crippen MR) is 185 cm³/mol. The molecule has 0 spiro atoms. The number of carbonyl (C=O) groups is 5. The number of carbonyl (C=O) groups excluding carboxylic acids is 5. The monoisotopic (exact) mass is 840 g/mol. The number of non-ortho nitro benzene ring substituents is 1. The van der Waals surface area contributed by atoms with Crippen molar-refractivity contribution in [3.63, 3.8) is 0 Å². The summed E-state index contributed by atoms with van der Waals surface area (Å²) in [5.41, 5.74) is -0.154. The van der Waals surface area contributed by atoms with E-state index in [4.69, 9.17) is 23.7 Å². The summed E-state index contributed by atoms with van der Waals surface area (Å²) >= 11 is 0. The number of ether oxygens (including phenoxy) is 5. The van der Waals surface area contributed by atoms with Crippen LogP contribution in [-0.2, 0) is 42.9 Å². The molecule has 0 bridgehead atoms. The van der Waals surface area contributed by atoms with Gasteiger partial charge in [0.25, 0.3) is 5.69 Å². The zero-order valence-electron chi connectivity index (χ0n) is 32.1. The average molecular weight is 841 g/mol. The standard InChI is InChI=1S/C34H50N4O19.Na/c1-17(40)36-26-21(42)14-34(33(49)50,57-31(26)28(46)22(43)15-39)54-16-23-29(47)30(48)27(37-18(2)41)32(56-23)53-13-5-12-35-24(44)6-3-4-7-25(45)55-20-10-8-19(9-11-20)38(51)52;/h8-11,21-23,26-32,39,42-43,46-48H,3-7,12-16H2,1-2H3,(H,35,44)(H,36,40)(H,37,41)(H,49,50);/q;+1/p-1/t21-,22+,23+,26+,27+,28+,29-,30+,31+,32-,34+;/m0./s1. The number of rotatable bonds is 21. The number of nitro benzene ring substituents is 1. The van der Waals surface area contributed by atoms with Crippen molar-refractivity contribution in [1.29, 1.82) is 0 Å². The average Bonchev–Trinajstić information content (AvgIpc) is 3.15. The molecule has 24 heteroatoms. The number of nitrogens with one attached hydrogen (secondary N) is 3. The summed E-state index contributed by atoms with van der Waals surface area (Å²) in [7, 11) is 0. The maximum absolute atomic E-state index is 12.4. The van der Waals surface area contributed by atoms with E-state index in [1.165, 1.54) is 24.3 Å². The van der Waals surface area contributed by atoms with Gasteiger partial charge in [0.15, 0.2) is 6.29 Å². The van der Waals surface area contributed by atoms with Gasteiger partial charge in [0, 0.05) is 51.8 Å². The summed E-state index contributed by atoms with van der Waals surface area (Å²) in [5, 5.41) is 93.0. The first-order valence-corrected chi connectivity index (χ1v) is 18.0. The fourth-order valence-corrected chi connectivity index (χ4v) is 6.05. The third-order valence-corrected chi connectivity index (χ3v) is 8.96. The minimum atomic E-state index is -2.88. The number of aliphatic hydroxyl groups is 6. The number of esters is 1. The van der Waals surface area contributed by atoms with Crippen molar-refractivity contribution < 1.29 is 118 Å². The van der Waals surface area contributed by atoms with Gasteiger partial charge in [0.1, 0.15) is 54.4 Å². The van der Waals surface area contributed by atoms with Crippen LogP contribution in [0.25, 0.3) is 0 Å². The van der Waals surface area contributed by atoms with Crippen LogP contribution in [0.15, 0.2) is 24.3 Å². The van der Waals surface area contributed by atoms with Crippen LogP contribution in [0.5, 0.6) is 5.75 Å². The molecule has 1 aromatic carbocycles. The van der Waals surface area contributed by atoms with Gasteiger partial charge in [-0.2, -0.15) is 0 Å². The summed E-state index contributed by atoms with van der Waals surface area (Å²) in [4.78, 5) is 70.6. The topological polar surface area (TPSA) is 355 Å². The smallest absolute Gasteiger partial charge is 0.544 e. The number of benzene rings is 1. The second-order valence-electron chi connectivity index (χ2n) is 13.4. The van der Waals surface area contributed by atoms with Crippen molar-refractivity contribution >= 4 is 35.3 Å². The Labute approximate surface area is 353 Å². The van der Waals surface area contributed by atoms with Gasteiger partial charge in [-0.25, -0.2) is 0 Å². The van der Waals surface area contributed by atoms with E-state index in [1.807, 2.05) is 0 Å². The molecule has 3 rings (SSSR count). The molecule has 0 radical (unpaired) electrons. The Bertz CT molecular complexity index is 1540. The van der Waals surface area contributed by atoms with Crippen molar-refractivity contribution in [1.82, 2.24) is 16.0 Å². The second-order valence-corrected chi connectivity index (χ2v) is 13.4. The molecule has 58 heavy (non-hydrogen) atoms. The van der Waals surface area contributed by atoms with Crippen LogP contribution in [0.1, 0.15) is 52.4 Å². The molecular weight excluding hydrogens is 791 g/mol. The van der Waals surface area contributed by atoms with Gasteiger partial charge < -0.3 is 80.2 Å². The van der Waals surface area contributed by atoms with E-state index in [-0.39, 0.29) is 79.3 Å². The maximum Gasteiger partial charge on any atom is 1.00 e. The molecule has 0 aromatic heterocycles. The van der Waals surface area contributed by atoms with Gasteiger partial charge in [-0.1, -0.05) is 0 Å². The normalized spacial score (nSPS) is 27.9. The molecule has 9 N–H and O–H groups in total. The minimum absolute atomic E-state index is 0. The number of amides is 3. The van der Waals surface area contributed by atoms with Crippen LogP contribution in [0, 0.1) is 10.1 Å². The van der Waals surface area contributed by atoms with Gasteiger partial charge in [0.2, 0.25) is 23.5 Å². The third-order valence-electron chi connectivity index (χ3n) is 8.96. The van der Waals surface area contributed by atoms with E-state index in [2.05, 4.69) is 16.0 Å². The number of unbranched alkanes of at least 4 members (excludes halogenated alkanes) is 1. The van der Waals surface area contributed by atoms with Crippen molar-refractivity contribution in [3.8, 4) is 5.75 Å². The zero-order valence-corrected chi connectivity index (χ0v) is 34.1. The van der Waals surface area contributed by atoms with Crippen molar-refractivity contribution in [2.75, 3.05) is 26.4 Å². The van der Waals surface area contributed by atoms with Crippen LogP contribution in [-0.4, -0.2) is 158 Å². The number of carboxylic acid groups (broad SMARTS) is 1. The number of hydrogen-bond acceptors (Lipinski definition) is 19. The van der Waals surface area contributed by atoms with Crippen LogP contribution in [0.4, 0.5) is 5.69 Å². The van der Waals surface area contributed by atoms with Crippen molar-refractivity contribution in [2.45, 2.75) is 119 Å². The fraction of sp³-hybridized carbons (Fsp3) is 0.676. The number of nitrogens with zero attached hydrogens (tertiary/aromatic N) is 1. The van der Waals surface area contributed by atoms with Gasteiger partial charge in [0.05, 0.1) is 36.9 Å². The Morgan fingerprint density at radius 2 is 1.59 bits per heavy atom. The molecule has 2 aliphatic rings. The van der Waals surface area contributed by atoms with Crippen molar-refractivity contribution in [2.24, 2.45) is 0 Å². The molecule has 23 nitrogen and oxygen atoms in total. The predicted octanol–water partition coefficient (Wildman–Crippen LogP) is -7.63. The Morgan fingerprint density at radius 3 is 2.17 bits per heavy atom. The molecule has 320 valence electrons. The third kappa shape index (κ3) is 14.7. The van der Waals surface area contributed by atoms with Gasteiger partial charge in [-0.15, -0.1) is 0 Å². The van der Waals surface area contributed by atoms with E-state index >= 15 is 0 Å². The van der Waals surface area contributed by atoms with Crippen LogP contribution in [0.3, 0.4) is 0 Å². The Kier molecular flexibility index (Phi) is 21.0. The van der Waals surface area contributed by atoms with E-state index < -0.39 is 115 Å². The molecule has 3 amide bonds. The largest absolute Gasteiger partial charge is 1.00 e. The second kappa shape index (κ2) is 24.0. The van der Waals surface area contributed by atoms with E-state index in [0.29, 0.717) is 12.8 Å². The van der Waals surface area contributed by atoms with Gasteiger partial charge in [-0.05, 0) is 31.4 Å². The van der Waals surface area contributed by atoms with Crippen LogP contribution >= 0.6 is 0 Å². The Hall–Kier alpha value is -3.43. The van der Waals surface area contributed by atoms with E-state index in [0.717, 1.165) is 13.8 Å². The van der Waals surface area contributed by atoms with Crippen LogP contribution < -0.4 is 55.4 Å². The summed E-state index contributed by atoms with van der Waals surface area (Å²) in [6, 6.07) is 2.17. The van der Waals surface area contributed by atoms with Crippen LogP contribution in [0.2, 0.25) is 0 Å². The molecule has 0 saturated carbocycles. The van der Waals surface area contributed by atoms with Gasteiger partial charge >= 0.3 is 35.5 Å². The minimum Gasteiger partial charge on any atom is -0.544 e. The molecule has 0 aliphatic carbocycles. The summed E-state index contributed by atoms with van der Waals surface area (Å²) < 4.78 is 27.6.